The second kappa shape index (κ2) is 19.1. The van der Waals surface area contributed by atoms with Crippen molar-refractivity contribution in [2.24, 2.45) is 0 Å². The number of halogens is 1. The molecule has 2 aliphatic heterocycles. The van der Waals surface area contributed by atoms with Gasteiger partial charge in [0.15, 0.2) is 0 Å². The lowest BCUT2D eigenvalue weighted by atomic mass is 9.99. The number of rotatable bonds is 7. The molecule has 12 heteroatoms. The first-order valence-electron chi connectivity index (χ1n) is 12.5. The van der Waals surface area contributed by atoms with Crippen LogP contribution in [0.1, 0.15) is 64.3 Å². The number of nitrogens with one attached hydrogen (secondary N) is 1. The maximum atomic E-state index is 4.93. The van der Waals surface area contributed by atoms with E-state index in [1.165, 1.54) is 49.7 Å². The number of hydrogen-bond acceptors (Lipinski definition) is 10. The summed E-state index contributed by atoms with van der Waals surface area (Å²) in [6.07, 6.45) is 8.26. The van der Waals surface area contributed by atoms with Crippen molar-refractivity contribution < 1.29 is 14.0 Å². The molecule has 5 rings (SSSR count). The van der Waals surface area contributed by atoms with E-state index in [1.807, 2.05) is 0 Å². The van der Waals surface area contributed by atoms with E-state index >= 15 is 0 Å². The smallest absolute Gasteiger partial charge is 0.231 e. The molecular formula is C27H61ClN10O. The van der Waals surface area contributed by atoms with Gasteiger partial charge in [-0.2, -0.15) is 15.0 Å². The molecular weight excluding hydrogens is 516 g/mol. The normalized spacial score (nSPS) is 14.9. The van der Waals surface area contributed by atoms with Gasteiger partial charge < -0.3 is 45.2 Å². The van der Waals surface area contributed by atoms with Gasteiger partial charge in [0, 0.05) is 34.7 Å². The van der Waals surface area contributed by atoms with Gasteiger partial charge in [0.05, 0.1) is 6.04 Å². The second-order valence-corrected chi connectivity index (χ2v) is 9.15. The summed E-state index contributed by atoms with van der Waals surface area (Å²) in [4.78, 5) is 19.4. The Labute approximate surface area is 248 Å². The van der Waals surface area contributed by atoms with Crippen LogP contribution < -0.4 is 39.7 Å². The van der Waals surface area contributed by atoms with Gasteiger partial charge in [-0.25, -0.2) is 0 Å². The second-order valence-electron chi connectivity index (χ2n) is 9.15. The number of piperidine rings is 2. The number of benzene rings is 2. The van der Waals surface area contributed by atoms with Crippen LogP contribution >= 0.6 is 12.4 Å². The number of anilines is 3. The molecule has 2 aliphatic rings. The molecule has 15 N–H and O–H groups in total. The third-order valence-electron chi connectivity index (χ3n) is 6.68. The van der Waals surface area contributed by atoms with Crippen LogP contribution in [0.2, 0.25) is 0 Å². The highest BCUT2D eigenvalue weighted by atomic mass is 35.5. The molecule has 2 fully saturated rings. The van der Waals surface area contributed by atoms with Gasteiger partial charge in [0.1, 0.15) is 0 Å². The minimum atomic E-state index is 0. The van der Waals surface area contributed by atoms with E-state index in [9.17, 15) is 0 Å². The van der Waals surface area contributed by atoms with E-state index in [0.29, 0.717) is 5.95 Å². The fourth-order valence-corrected chi connectivity index (χ4v) is 4.83. The molecule has 39 heavy (non-hydrogen) atoms. The largest absolute Gasteiger partial charge is 0.412 e. The zero-order valence-electron chi connectivity index (χ0n) is 23.1. The zero-order chi connectivity index (χ0) is 22.3. The molecule has 0 saturated carbocycles. The topological polar surface area (TPSA) is 229 Å². The Hall–Kier alpha value is -3.06. The third-order valence-corrected chi connectivity index (χ3v) is 6.68. The molecule has 0 amide bonds. The van der Waals surface area contributed by atoms with Gasteiger partial charge in [0.25, 0.3) is 0 Å². The molecule has 3 heterocycles. The maximum absolute atomic E-state index is 4.93. The molecule has 0 aliphatic carbocycles. The predicted molar refractivity (Wildman–Crippen MR) is 179 cm³/mol. The van der Waals surface area contributed by atoms with Crippen molar-refractivity contribution in [2.75, 3.05) is 41.3 Å². The van der Waals surface area contributed by atoms with E-state index < -0.39 is 0 Å². The Morgan fingerprint density at radius 3 is 1.54 bits per heavy atom. The average molecular weight is 577 g/mol. The molecule has 1 unspecified atom stereocenters. The van der Waals surface area contributed by atoms with Crippen molar-refractivity contribution >= 4 is 30.3 Å². The van der Waals surface area contributed by atoms with E-state index in [2.05, 4.69) is 75.8 Å². The molecule has 2 aromatic carbocycles. The standard InChI is InChI=1S/C27H34N6.ClH.4H3N.H2O.6H2/c1-5-13-22(14-6-1)21-24(23-15-7-2-8-16-23)28-25-29-26(32-17-9-3-10-18-32)31-27(30-25)33-19-11-4-12-20-33;;;;;;;;;;;;/h1-2,5-8,13-16,24H,3-4,9-12,17-21H2,(H,28,29,30,31);1H;4*1H3;1H2;6*1H. The fourth-order valence-electron chi connectivity index (χ4n) is 4.83. The van der Waals surface area contributed by atoms with Gasteiger partial charge in [0.2, 0.25) is 17.8 Å². The molecule has 0 bridgehead atoms. The van der Waals surface area contributed by atoms with Gasteiger partial charge >= 0.3 is 0 Å². The Balaban J connectivity index is -0.000000190. The molecule has 1 aromatic heterocycles. The third kappa shape index (κ3) is 10.2. The average Bonchev–Trinajstić information content (AvgIpc) is 2.90. The first-order valence-corrected chi connectivity index (χ1v) is 12.5. The number of aromatic nitrogens is 3. The molecule has 1 atom stereocenters. The van der Waals surface area contributed by atoms with Gasteiger partial charge in [-0.05, 0) is 56.1 Å². The number of hydrogen-bond donors (Lipinski definition) is 5. The van der Waals surface area contributed by atoms with Crippen molar-refractivity contribution in [1.29, 1.82) is 0 Å². The van der Waals surface area contributed by atoms with Gasteiger partial charge in [-0.3, -0.25) is 0 Å². The van der Waals surface area contributed by atoms with Gasteiger partial charge in [-0.1, -0.05) is 60.7 Å². The summed E-state index contributed by atoms with van der Waals surface area (Å²) >= 11 is 0. The van der Waals surface area contributed by atoms with Gasteiger partial charge in [-0.15, -0.1) is 12.4 Å². The van der Waals surface area contributed by atoms with Crippen molar-refractivity contribution in [3.05, 3.63) is 71.8 Å². The zero-order valence-corrected chi connectivity index (χ0v) is 23.9. The SMILES string of the molecule is Cl.N.N.N.N.O.[HH].[HH].[HH].[HH].[HH].[HH].c1ccc(CC(Nc2nc(N3CCCCC3)nc(N3CCCCC3)n2)c2ccccc2)cc1. The van der Waals surface area contributed by atoms with E-state index in [4.69, 9.17) is 15.0 Å². The highest BCUT2D eigenvalue weighted by molar-refractivity contribution is 5.85. The summed E-state index contributed by atoms with van der Waals surface area (Å²) in [5.41, 5.74) is 2.53. The highest BCUT2D eigenvalue weighted by Gasteiger charge is 2.22. The quantitative estimate of drug-likeness (QED) is 0.193. The predicted octanol–water partition coefficient (Wildman–Crippen LogP) is 6.97. The van der Waals surface area contributed by atoms with Crippen molar-refractivity contribution in [1.82, 2.24) is 39.6 Å². The molecule has 3 aromatic rings. The van der Waals surface area contributed by atoms with Crippen LogP contribution in [0.4, 0.5) is 17.8 Å². The minimum Gasteiger partial charge on any atom is -0.412 e. The van der Waals surface area contributed by atoms with Crippen LogP contribution in [-0.2, 0) is 6.42 Å². The van der Waals surface area contributed by atoms with E-state index in [0.717, 1.165) is 44.5 Å². The summed E-state index contributed by atoms with van der Waals surface area (Å²) in [5, 5.41) is 3.69. The molecule has 0 radical (unpaired) electrons. The monoisotopic (exact) mass is 576 g/mol. The molecule has 232 valence electrons. The maximum Gasteiger partial charge on any atom is 0.231 e. The molecule has 0 spiro atoms. The van der Waals surface area contributed by atoms with Crippen LogP contribution in [0, 0.1) is 0 Å². The molecule has 2 saturated heterocycles. The van der Waals surface area contributed by atoms with Crippen LogP contribution in [0.25, 0.3) is 0 Å². The van der Waals surface area contributed by atoms with Crippen molar-refractivity contribution in [2.45, 2.75) is 51.0 Å². The molecule has 11 nitrogen and oxygen atoms in total. The Bertz CT molecular complexity index is 1010. The van der Waals surface area contributed by atoms with Crippen LogP contribution in [0.5, 0.6) is 0 Å². The van der Waals surface area contributed by atoms with Crippen molar-refractivity contribution in [3.8, 4) is 0 Å². The lowest BCUT2D eigenvalue weighted by molar-refractivity contribution is 0.556. The van der Waals surface area contributed by atoms with Crippen LogP contribution in [0.3, 0.4) is 0 Å². The lowest BCUT2D eigenvalue weighted by Gasteiger charge is -2.30. The fraction of sp³-hybridized carbons (Fsp3) is 0.444. The highest BCUT2D eigenvalue weighted by Crippen LogP contribution is 2.26. The first-order chi connectivity index (χ1) is 16.3. The Kier molecular flexibility index (Phi) is 18.6. The Morgan fingerprint density at radius 1 is 0.641 bits per heavy atom. The summed E-state index contributed by atoms with van der Waals surface area (Å²) in [6, 6.07) is 21.3. The lowest BCUT2D eigenvalue weighted by Crippen LogP contribution is -2.34. The minimum absolute atomic E-state index is 0. The van der Waals surface area contributed by atoms with Crippen LogP contribution in [-0.4, -0.2) is 46.6 Å². The first kappa shape index (κ1) is 38.1. The summed E-state index contributed by atoms with van der Waals surface area (Å²) in [6.45, 7) is 4.09. The summed E-state index contributed by atoms with van der Waals surface area (Å²) in [5.74, 6) is 2.31. The van der Waals surface area contributed by atoms with Crippen molar-refractivity contribution in [3.63, 3.8) is 0 Å². The van der Waals surface area contributed by atoms with E-state index in [-0.39, 0.29) is 57.1 Å². The number of nitrogens with zero attached hydrogens (tertiary/aromatic N) is 5. The summed E-state index contributed by atoms with van der Waals surface area (Å²) in [7, 11) is 0. The summed E-state index contributed by atoms with van der Waals surface area (Å²) < 4.78 is 0. The van der Waals surface area contributed by atoms with Crippen LogP contribution in [0.15, 0.2) is 60.7 Å². The Morgan fingerprint density at radius 2 is 1.08 bits per heavy atom. The van der Waals surface area contributed by atoms with E-state index in [1.54, 1.807) is 0 Å².